The van der Waals surface area contributed by atoms with Crippen molar-refractivity contribution in [3.05, 3.63) is 71.1 Å². The molecule has 0 radical (unpaired) electrons. The van der Waals surface area contributed by atoms with E-state index in [4.69, 9.17) is 4.74 Å². The van der Waals surface area contributed by atoms with Crippen molar-refractivity contribution in [2.24, 2.45) is 0 Å². The molecule has 0 aliphatic carbocycles. The largest absolute Gasteiger partial charge is 0.483 e. The Kier molecular flexibility index (Phi) is 6.04. The Balaban J connectivity index is 1.73. The fourth-order valence-corrected chi connectivity index (χ4v) is 3.23. The molecule has 2 aromatic heterocycles. The van der Waals surface area contributed by atoms with Crippen LogP contribution >= 0.6 is 11.8 Å². The summed E-state index contributed by atoms with van der Waals surface area (Å²) in [6.07, 6.45) is 3.82. The minimum atomic E-state index is -0.499. The first-order valence-electron chi connectivity index (χ1n) is 8.23. The van der Waals surface area contributed by atoms with Crippen molar-refractivity contribution in [2.45, 2.75) is 30.6 Å². The first-order chi connectivity index (χ1) is 13.5. The van der Waals surface area contributed by atoms with Gasteiger partial charge in [0.2, 0.25) is 0 Å². The maximum atomic E-state index is 13.0. The molecule has 11 heteroatoms. The number of thioether (sulfide) groups is 1. The molecule has 2 heterocycles. The zero-order valence-electron chi connectivity index (χ0n) is 14.9. The van der Waals surface area contributed by atoms with Gasteiger partial charge in [0.25, 0.3) is 0 Å². The molecule has 3 aromatic rings. The number of ether oxygens (including phenoxy) is 1. The Morgan fingerprint density at radius 2 is 2.14 bits per heavy atom. The number of nitrogens with zero attached hydrogens (tertiary/aromatic N) is 6. The molecule has 1 atom stereocenters. The third kappa shape index (κ3) is 4.55. The van der Waals surface area contributed by atoms with Crippen LogP contribution in [0.15, 0.2) is 54.5 Å². The van der Waals surface area contributed by atoms with E-state index in [0.717, 1.165) is 0 Å². The molecule has 3 rings (SSSR count). The highest BCUT2D eigenvalue weighted by atomic mass is 32.2. The summed E-state index contributed by atoms with van der Waals surface area (Å²) in [4.78, 5) is 10.2. The number of allylic oxidation sites excluding steroid dienone is 1. The number of hydrogen-bond donors (Lipinski definition) is 0. The highest BCUT2D eigenvalue weighted by Crippen LogP contribution is 2.26. The van der Waals surface area contributed by atoms with Gasteiger partial charge in [-0.2, -0.15) is 5.10 Å². The quantitative estimate of drug-likeness (QED) is 0.232. The summed E-state index contributed by atoms with van der Waals surface area (Å²) in [5.41, 5.74) is -0.0739. The minimum Gasteiger partial charge on any atom is -0.483 e. The normalized spacial score (nSPS) is 11.9. The van der Waals surface area contributed by atoms with Gasteiger partial charge in [0.15, 0.2) is 17.1 Å². The number of hydrogen-bond acceptors (Lipinski definition) is 7. The molecule has 0 aliphatic rings. The molecule has 0 saturated carbocycles. The van der Waals surface area contributed by atoms with Gasteiger partial charge in [0.1, 0.15) is 24.0 Å². The van der Waals surface area contributed by atoms with Crippen molar-refractivity contribution in [3.8, 4) is 5.75 Å². The van der Waals surface area contributed by atoms with Crippen LogP contribution in [0.3, 0.4) is 0 Å². The van der Waals surface area contributed by atoms with Gasteiger partial charge in [-0.05, 0) is 31.2 Å². The molecule has 9 nitrogen and oxygen atoms in total. The van der Waals surface area contributed by atoms with E-state index < -0.39 is 11.0 Å². The third-order valence-electron chi connectivity index (χ3n) is 3.70. The van der Waals surface area contributed by atoms with Crippen molar-refractivity contribution in [1.29, 1.82) is 0 Å². The second kappa shape index (κ2) is 8.65. The summed E-state index contributed by atoms with van der Waals surface area (Å²) >= 11 is 1.33. The van der Waals surface area contributed by atoms with E-state index in [0.29, 0.717) is 29.2 Å². The van der Waals surface area contributed by atoms with Crippen LogP contribution in [0.1, 0.15) is 18.9 Å². The highest BCUT2D eigenvalue weighted by Gasteiger charge is 2.19. The van der Waals surface area contributed by atoms with Crippen LogP contribution in [0.2, 0.25) is 0 Å². The van der Waals surface area contributed by atoms with E-state index >= 15 is 0 Å². The average Bonchev–Trinajstić information content (AvgIpc) is 3.29. The van der Waals surface area contributed by atoms with Gasteiger partial charge in [-0.15, -0.1) is 16.8 Å². The van der Waals surface area contributed by atoms with Crippen LogP contribution < -0.4 is 4.74 Å². The van der Waals surface area contributed by atoms with E-state index in [-0.39, 0.29) is 11.5 Å². The van der Waals surface area contributed by atoms with Gasteiger partial charge in [0.05, 0.1) is 10.8 Å². The van der Waals surface area contributed by atoms with Crippen LogP contribution in [0.25, 0.3) is 0 Å². The molecule has 1 aromatic carbocycles. The zero-order chi connectivity index (χ0) is 20.1. The van der Waals surface area contributed by atoms with Crippen molar-refractivity contribution in [2.75, 3.05) is 0 Å². The smallest absolute Gasteiger partial charge is 0.307 e. The molecule has 0 spiro atoms. The molecular weight excluding hydrogens is 387 g/mol. The molecular formula is C17H17FN6O3S. The summed E-state index contributed by atoms with van der Waals surface area (Å²) in [5.74, 6) is 1.08. The lowest BCUT2D eigenvalue weighted by Crippen LogP contribution is -2.12. The summed E-state index contributed by atoms with van der Waals surface area (Å²) in [5, 5.41) is 23.7. The Morgan fingerprint density at radius 3 is 2.79 bits per heavy atom. The Morgan fingerprint density at radius 1 is 1.39 bits per heavy atom. The zero-order valence-corrected chi connectivity index (χ0v) is 15.8. The number of nitro groups is 1. The van der Waals surface area contributed by atoms with Crippen molar-refractivity contribution >= 4 is 17.4 Å². The lowest BCUT2D eigenvalue weighted by molar-refractivity contribution is -0.385. The standard InChI is InChI=1S/C17H17FN6O3S/c1-3-8-23-16(12(2)27-15-6-4-13(18)5-7-15)20-21-17(23)28-11-22-10-14(9-19-22)24(25)26/h3-7,9-10,12H,1,8,11H2,2H3. The summed E-state index contributed by atoms with van der Waals surface area (Å²) in [7, 11) is 0. The van der Waals surface area contributed by atoms with E-state index in [2.05, 4.69) is 21.9 Å². The van der Waals surface area contributed by atoms with E-state index in [1.165, 1.54) is 41.0 Å². The molecule has 0 aliphatic heterocycles. The fraction of sp³-hybridized carbons (Fsp3) is 0.235. The Bertz CT molecular complexity index is 972. The molecule has 1 unspecified atom stereocenters. The number of halogens is 1. The monoisotopic (exact) mass is 404 g/mol. The summed E-state index contributed by atoms with van der Waals surface area (Å²) in [6.45, 7) is 6.03. The van der Waals surface area contributed by atoms with Gasteiger partial charge >= 0.3 is 5.69 Å². The van der Waals surface area contributed by atoms with E-state index in [9.17, 15) is 14.5 Å². The second-order valence-electron chi connectivity index (χ2n) is 5.72. The molecule has 0 saturated heterocycles. The van der Waals surface area contributed by atoms with Gasteiger partial charge in [-0.25, -0.2) is 4.39 Å². The van der Waals surface area contributed by atoms with Crippen molar-refractivity contribution in [3.63, 3.8) is 0 Å². The molecule has 28 heavy (non-hydrogen) atoms. The van der Waals surface area contributed by atoms with E-state index in [1.807, 2.05) is 11.5 Å². The van der Waals surface area contributed by atoms with Gasteiger partial charge in [-0.3, -0.25) is 19.4 Å². The maximum Gasteiger partial charge on any atom is 0.307 e. The summed E-state index contributed by atoms with van der Waals surface area (Å²) < 4.78 is 22.2. The first-order valence-corrected chi connectivity index (χ1v) is 9.22. The first kappa shape index (κ1) is 19.5. The van der Waals surface area contributed by atoms with Crippen LogP contribution in [0, 0.1) is 15.9 Å². The molecule has 0 fully saturated rings. The second-order valence-corrected chi connectivity index (χ2v) is 6.63. The third-order valence-corrected chi connectivity index (χ3v) is 4.66. The van der Waals surface area contributed by atoms with E-state index in [1.54, 1.807) is 18.2 Å². The van der Waals surface area contributed by atoms with Crippen LogP contribution in [0.4, 0.5) is 10.1 Å². The predicted molar refractivity (Wildman–Crippen MR) is 100 cm³/mol. The lowest BCUT2D eigenvalue weighted by atomic mass is 10.3. The highest BCUT2D eigenvalue weighted by molar-refractivity contribution is 7.98. The molecule has 146 valence electrons. The summed E-state index contributed by atoms with van der Waals surface area (Å²) in [6, 6.07) is 5.72. The lowest BCUT2D eigenvalue weighted by Gasteiger charge is -2.15. The van der Waals surface area contributed by atoms with Crippen molar-refractivity contribution < 1.29 is 14.1 Å². The number of rotatable bonds is 9. The minimum absolute atomic E-state index is 0.0739. The predicted octanol–water partition coefficient (Wildman–Crippen LogP) is 3.60. The van der Waals surface area contributed by atoms with Crippen LogP contribution in [0.5, 0.6) is 5.75 Å². The maximum absolute atomic E-state index is 13.0. The SMILES string of the molecule is C=CCn1c(SCn2cc([N+](=O)[O-])cn2)nnc1C(C)Oc1ccc(F)cc1. The number of aromatic nitrogens is 5. The molecule has 0 N–H and O–H groups in total. The average molecular weight is 404 g/mol. The van der Waals surface area contributed by atoms with Gasteiger partial charge < -0.3 is 4.74 Å². The Hall–Kier alpha value is -3.21. The van der Waals surface area contributed by atoms with Gasteiger partial charge in [-0.1, -0.05) is 17.8 Å². The van der Waals surface area contributed by atoms with Crippen LogP contribution in [-0.2, 0) is 12.4 Å². The van der Waals surface area contributed by atoms with Gasteiger partial charge in [0, 0.05) is 6.54 Å². The van der Waals surface area contributed by atoms with Crippen molar-refractivity contribution in [1.82, 2.24) is 24.5 Å². The molecule has 0 amide bonds. The topological polar surface area (TPSA) is 101 Å². The fourth-order valence-electron chi connectivity index (χ4n) is 2.42. The molecule has 0 bridgehead atoms. The van der Waals surface area contributed by atoms with Crippen LogP contribution in [-0.4, -0.2) is 29.5 Å². The number of benzene rings is 1. The Labute approximate surface area is 164 Å².